The van der Waals surface area contributed by atoms with E-state index < -0.39 is 12.1 Å². The Morgan fingerprint density at radius 1 is 1.50 bits per heavy atom. The number of aromatic nitrogens is 1. The van der Waals surface area contributed by atoms with Crippen LogP contribution >= 0.6 is 0 Å². The second kappa shape index (κ2) is 3.92. The van der Waals surface area contributed by atoms with Crippen LogP contribution in [-0.4, -0.2) is 26.3 Å². The average molecular weight is 223 g/mol. The predicted molar refractivity (Wildman–Crippen MR) is 52.5 cm³/mol. The van der Waals surface area contributed by atoms with Crippen LogP contribution in [0.25, 0.3) is 11.1 Å². The van der Waals surface area contributed by atoms with Crippen LogP contribution < -0.4 is 0 Å². The molecule has 1 aromatic heterocycles. The van der Waals surface area contributed by atoms with Crippen molar-refractivity contribution >= 4 is 17.1 Å². The standard InChI is InChI=1S/C10H9NO5/c12-4-8-11-6-3-5(9(13)10(14)15)1-2-7(6)16-8/h1-3,9,12-13H,4H2,(H,14,15). The molecule has 0 fully saturated rings. The minimum Gasteiger partial charge on any atom is -0.479 e. The van der Waals surface area contributed by atoms with Gasteiger partial charge >= 0.3 is 5.97 Å². The van der Waals surface area contributed by atoms with Crippen molar-refractivity contribution in [1.29, 1.82) is 0 Å². The van der Waals surface area contributed by atoms with E-state index in [-0.39, 0.29) is 18.1 Å². The molecular weight excluding hydrogens is 214 g/mol. The molecule has 0 saturated heterocycles. The highest BCUT2D eigenvalue weighted by atomic mass is 16.4. The van der Waals surface area contributed by atoms with Crippen LogP contribution in [0.1, 0.15) is 17.6 Å². The maximum Gasteiger partial charge on any atom is 0.337 e. The first-order valence-corrected chi connectivity index (χ1v) is 4.53. The minimum absolute atomic E-state index is 0.150. The molecule has 1 heterocycles. The molecule has 3 N–H and O–H groups in total. The number of benzene rings is 1. The van der Waals surface area contributed by atoms with E-state index in [1.807, 2.05) is 0 Å². The van der Waals surface area contributed by atoms with Crippen molar-refractivity contribution in [3.8, 4) is 0 Å². The second-order valence-electron chi connectivity index (χ2n) is 3.23. The zero-order valence-electron chi connectivity index (χ0n) is 8.12. The molecule has 0 aliphatic heterocycles. The second-order valence-corrected chi connectivity index (χ2v) is 3.23. The Bertz CT molecular complexity index is 533. The van der Waals surface area contributed by atoms with Gasteiger partial charge in [0, 0.05) is 0 Å². The molecule has 0 amide bonds. The smallest absolute Gasteiger partial charge is 0.337 e. The summed E-state index contributed by atoms with van der Waals surface area (Å²) in [6, 6.07) is 4.35. The molecule has 1 atom stereocenters. The van der Waals surface area contributed by atoms with Gasteiger partial charge in [0.15, 0.2) is 11.7 Å². The zero-order chi connectivity index (χ0) is 11.7. The first kappa shape index (κ1) is 10.6. The minimum atomic E-state index is -1.58. The van der Waals surface area contributed by atoms with E-state index in [9.17, 15) is 9.90 Å². The number of carbonyl (C=O) groups is 1. The summed E-state index contributed by atoms with van der Waals surface area (Å²) < 4.78 is 5.12. The summed E-state index contributed by atoms with van der Waals surface area (Å²) in [6.07, 6.45) is -1.58. The number of fused-ring (bicyclic) bond motifs is 1. The lowest BCUT2D eigenvalue weighted by atomic mass is 10.1. The molecule has 0 bridgehead atoms. The van der Waals surface area contributed by atoms with Crippen molar-refractivity contribution in [3.63, 3.8) is 0 Å². The van der Waals surface area contributed by atoms with Crippen molar-refractivity contribution in [2.75, 3.05) is 0 Å². The third-order valence-electron chi connectivity index (χ3n) is 2.14. The zero-order valence-corrected chi connectivity index (χ0v) is 8.12. The van der Waals surface area contributed by atoms with Gasteiger partial charge in [-0.15, -0.1) is 0 Å². The number of oxazole rings is 1. The quantitative estimate of drug-likeness (QED) is 0.697. The number of hydrogen-bond donors (Lipinski definition) is 3. The molecule has 6 nitrogen and oxygen atoms in total. The summed E-state index contributed by atoms with van der Waals surface area (Å²) in [5, 5.41) is 26.7. The summed E-state index contributed by atoms with van der Waals surface area (Å²) in [4.78, 5) is 14.5. The van der Waals surface area contributed by atoms with Crippen LogP contribution in [0.15, 0.2) is 22.6 Å². The van der Waals surface area contributed by atoms with E-state index in [1.165, 1.54) is 18.2 Å². The van der Waals surface area contributed by atoms with Gasteiger partial charge in [0.2, 0.25) is 5.89 Å². The molecule has 2 rings (SSSR count). The lowest BCUT2D eigenvalue weighted by Gasteiger charge is -2.03. The topological polar surface area (TPSA) is 104 Å². The first-order valence-electron chi connectivity index (χ1n) is 4.53. The largest absolute Gasteiger partial charge is 0.479 e. The Hall–Kier alpha value is -1.92. The van der Waals surface area contributed by atoms with Gasteiger partial charge in [-0.3, -0.25) is 0 Å². The van der Waals surface area contributed by atoms with Crippen LogP contribution in [0.3, 0.4) is 0 Å². The Morgan fingerprint density at radius 2 is 2.25 bits per heavy atom. The molecular formula is C10H9NO5. The number of aliphatic hydroxyl groups excluding tert-OH is 2. The third kappa shape index (κ3) is 1.75. The average Bonchev–Trinajstić information content (AvgIpc) is 2.69. The Balaban J connectivity index is 2.46. The van der Waals surface area contributed by atoms with Gasteiger partial charge < -0.3 is 19.7 Å². The van der Waals surface area contributed by atoms with Crippen molar-refractivity contribution in [2.24, 2.45) is 0 Å². The molecule has 6 heteroatoms. The Labute approximate surface area is 89.8 Å². The number of carboxylic acids is 1. The van der Waals surface area contributed by atoms with Gasteiger partial charge in [0.1, 0.15) is 12.1 Å². The SMILES string of the molecule is O=C(O)C(O)c1ccc2oc(CO)nc2c1. The van der Waals surface area contributed by atoms with Crippen molar-refractivity contribution in [3.05, 3.63) is 29.7 Å². The highest BCUT2D eigenvalue weighted by molar-refractivity contribution is 5.78. The molecule has 0 radical (unpaired) electrons. The summed E-state index contributed by atoms with van der Waals surface area (Å²) in [5.74, 6) is -1.18. The van der Waals surface area contributed by atoms with Crippen LogP contribution in [0, 0.1) is 0 Å². The normalized spacial score (nSPS) is 12.9. The molecule has 84 valence electrons. The molecule has 1 aromatic carbocycles. The highest BCUT2D eigenvalue weighted by Crippen LogP contribution is 2.21. The van der Waals surface area contributed by atoms with Gasteiger partial charge in [-0.05, 0) is 17.7 Å². The van der Waals surface area contributed by atoms with Crippen LogP contribution in [0.4, 0.5) is 0 Å². The molecule has 1 unspecified atom stereocenters. The number of rotatable bonds is 3. The van der Waals surface area contributed by atoms with Crippen molar-refractivity contribution in [1.82, 2.24) is 4.98 Å². The molecule has 0 aliphatic carbocycles. The van der Waals surface area contributed by atoms with Gasteiger partial charge in [0.25, 0.3) is 0 Å². The number of hydrogen-bond acceptors (Lipinski definition) is 5. The van der Waals surface area contributed by atoms with Gasteiger partial charge in [-0.1, -0.05) is 6.07 Å². The number of carboxylic acid groups (broad SMARTS) is 1. The van der Waals surface area contributed by atoms with Gasteiger partial charge in [0.05, 0.1) is 0 Å². The Morgan fingerprint density at radius 3 is 2.88 bits per heavy atom. The van der Waals surface area contributed by atoms with Crippen molar-refractivity contribution < 1.29 is 24.5 Å². The fourth-order valence-electron chi connectivity index (χ4n) is 1.37. The van der Waals surface area contributed by atoms with E-state index in [1.54, 1.807) is 0 Å². The van der Waals surface area contributed by atoms with Gasteiger partial charge in [-0.25, -0.2) is 9.78 Å². The first-order chi connectivity index (χ1) is 7.61. The molecule has 16 heavy (non-hydrogen) atoms. The maximum absolute atomic E-state index is 10.6. The molecule has 2 aromatic rings. The van der Waals surface area contributed by atoms with E-state index >= 15 is 0 Å². The summed E-state index contributed by atoms with van der Waals surface area (Å²) in [5.41, 5.74) is 1.06. The van der Waals surface area contributed by atoms with E-state index in [0.717, 1.165) is 0 Å². The van der Waals surface area contributed by atoms with E-state index in [0.29, 0.717) is 11.1 Å². The molecule has 0 aliphatic rings. The van der Waals surface area contributed by atoms with Crippen LogP contribution in [0.5, 0.6) is 0 Å². The maximum atomic E-state index is 10.6. The van der Waals surface area contributed by atoms with Crippen LogP contribution in [0.2, 0.25) is 0 Å². The van der Waals surface area contributed by atoms with Gasteiger partial charge in [-0.2, -0.15) is 0 Å². The number of aliphatic hydroxyl groups is 2. The predicted octanol–water partition coefficient (Wildman–Crippen LogP) is 0.438. The number of aliphatic carboxylic acids is 1. The third-order valence-corrected chi connectivity index (χ3v) is 2.14. The fraction of sp³-hybridized carbons (Fsp3) is 0.200. The van der Waals surface area contributed by atoms with Crippen molar-refractivity contribution in [2.45, 2.75) is 12.7 Å². The summed E-state index contributed by atoms with van der Waals surface area (Å²) in [7, 11) is 0. The molecule has 0 spiro atoms. The lowest BCUT2D eigenvalue weighted by molar-refractivity contribution is -0.146. The number of nitrogens with zero attached hydrogens (tertiary/aromatic N) is 1. The Kier molecular flexibility index (Phi) is 2.59. The van der Waals surface area contributed by atoms with Crippen LogP contribution in [-0.2, 0) is 11.4 Å². The van der Waals surface area contributed by atoms with E-state index in [4.69, 9.17) is 14.6 Å². The fourth-order valence-corrected chi connectivity index (χ4v) is 1.37. The van der Waals surface area contributed by atoms with E-state index in [2.05, 4.69) is 4.98 Å². The lowest BCUT2D eigenvalue weighted by Crippen LogP contribution is -2.10. The summed E-state index contributed by atoms with van der Waals surface area (Å²) in [6.45, 7) is -0.328. The highest BCUT2D eigenvalue weighted by Gasteiger charge is 2.17. The molecule has 0 saturated carbocycles. The summed E-state index contributed by atoms with van der Waals surface area (Å²) >= 11 is 0. The monoisotopic (exact) mass is 223 g/mol.